The maximum Gasteiger partial charge on any atom is 0.234 e. The van der Waals surface area contributed by atoms with Gasteiger partial charge in [-0.05, 0) is 30.2 Å². The molecule has 7 nitrogen and oxygen atoms in total. The molecular formula is C23H20N6OS. The third-order valence-electron chi connectivity index (χ3n) is 5.03. The van der Waals surface area contributed by atoms with Crippen molar-refractivity contribution >= 4 is 34.5 Å². The standard InChI is InChI=1S/C23H20N6OS/c1-2-16-8-10-18(11-9-16)24-21(30)15-31-23-26-25-22-20-14-19(17-6-4-3-5-7-17)27-29(20)13-12-28(22)23/h3-14H,2,15H2,1H3,(H,24,30). The van der Waals surface area contributed by atoms with E-state index in [2.05, 4.69) is 27.5 Å². The molecular weight excluding hydrogens is 408 g/mol. The van der Waals surface area contributed by atoms with Gasteiger partial charge in [-0.15, -0.1) is 10.2 Å². The molecule has 5 rings (SSSR count). The summed E-state index contributed by atoms with van der Waals surface area (Å²) in [6.45, 7) is 2.10. The molecule has 0 radical (unpaired) electrons. The molecule has 0 unspecified atom stereocenters. The van der Waals surface area contributed by atoms with E-state index in [0.717, 1.165) is 28.9 Å². The van der Waals surface area contributed by atoms with Crippen LogP contribution in [0.15, 0.2) is 78.2 Å². The van der Waals surface area contributed by atoms with Gasteiger partial charge in [0.1, 0.15) is 5.52 Å². The Morgan fingerprint density at radius 1 is 1.03 bits per heavy atom. The summed E-state index contributed by atoms with van der Waals surface area (Å²) in [5, 5.41) is 16.8. The number of benzene rings is 2. The lowest BCUT2D eigenvalue weighted by molar-refractivity contribution is -0.113. The number of hydrogen-bond donors (Lipinski definition) is 1. The summed E-state index contributed by atoms with van der Waals surface area (Å²) >= 11 is 1.35. The van der Waals surface area contributed by atoms with Crippen LogP contribution >= 0.6 is 11.8 Å². The maximum absolute atomic E-state index is 12.4. The van der Waals surface area contributed by atoms with Gasteiger partial charge < -0.3 is 5.32 Å². The predicted octanol–water partition coefficient (Wildman–Crippen LogP) is 4.34. The van der Waals surface area contributed by atoms with Gasteiger partial charge in [0, 0.05) is 23.6 Å². The van der Waals surface area contributed by atoms with Crippen molar-refractivity contribution < 1.29 is 4.79 Å². The lowest BCUT2D eigenvalue weighted by Crippen LogP contribution is -2.14. The van der Waals surface area contributed by atoms with Crippen molar-refractivity contribution in [3.05, 3.63) is 78.6 Å². The third-order valence-corrected chi connectivity index (χ3v) is 5.98. The van der Waals surface area contributed by atoms with Gasteiger partial charge in [0.25, 0.3) is 0 Å². The van der Waals surface area contributed by atoms with Gasteiger partial charge in [-0.3, -0.25) is 9.20 Å². The number of carbonyl (C=O) groups is 1. The fourth-order valence-electron chi connectivity index (χ4n) is 3.39. The number of hydrogen-bond acceptors (Lipinski definition) is 5. The highest BCUT2D eigenvalue weighted by molar-refractivity contribution is 7.99. The number of amides is 1. The molecule has 1 N–H and O–H groups in total. The minimum Gasteiger partial charge on any atom is -0.325 e. The van der Waals surface area contributed by atoms with Crippen molar-refractivity contribution in [2.45, 2.75) is 18.5 Å². The lowest BCUT2D eigenvalue weighted by atomic mass is 10.1. The molecule has 0 aliphatic carbocycles. The Hall–Kier alpha value is -3.65. The first-order chi connectivity index (χ1) is 15.2. The van der Waals surface area contributed by atoms with Crippen LogP contribution in [0.3, 0.4) is 0 Å². The zero-order valence-corrected chi connectivity index (χ0v) is 17.7. The second-order valence-electron chi connectivity index (χ2n) is 7.09. The average molecular weight is 429 g/mol. The Balaban J connectivity index is 1.34. The van der Waals surface area contributed by atoms with Crippen molar-refractivity contribution in [2.24, 2.45) is 0 Å². The second-order valence-corrected chi connectivity index (χ2v) is 8.03. The molecule has 154 valence electrons. The van der Waals surface area contributed by atoms with Gasteiger partial charge in [-0.2, -0.15) is 5.10 Å². The number of carbonyl (C=O) groups excluding carboxylic acids is 1. The first-order valence-corrected chi connectivity index (χ1v) is 11.0. The number of thioether (sulfide) groups is 1. The third kappa shape index (κ3) is 3.89. The molecule has 0 fully saturated rings. The molecule has 0 atom stereocenters. The first-order valence-electron chi connectivity index (χ1n) is 10.0. The largest absolute Gasteiger partial charge is 0.325 e. The van der Waals surface area contributed by atoms with Crippen LogP contribution in [-0.4, -0.2) is 35.9 Å². The number of aryl methyl sites for hydroxylation is 1. The van der Waals surface area contributed by atoms with Crippen molar-refractivity contribution in [3.63, 3.8) is 0 Å². The molecule has 0 saturated heterocycles. The van der Waals surface area contributed by atoms with Crippen molar-refractivity contribution in [1.29, 1.82) is 0 Å². The molecule has 0 aliphatic rings. The first kappa shape index (κ1) is 19.3. The number of nitrogens with one attached hydrogen (secondary N) is 1. The van der Waals surface area contributed by atoms with Gasteiger partial charge in [-0.1, -0.05) is 61.2 Å². The zero-order valence-electron chi connectivity index (χ0n) is 16.9. The van der Waals surface area contributed by atoms with Crippen molar-refractivity contribution in [2.75, 3.05) is 11.1 Å². The number of rotatable bonds is 6. The predicted molar refractivity (Wildman–Crippen MR) is 122 cm³/mol. The molecule has 8 heteroatoms. The van der Waals surface area contributed by atoms with Crippen LogP contribution < -0.4 is 5.32 Å². The molecule has 5 aromatic rings. The van der Waals surface area contributed by atoms with E-state index in [1.54, 1.807) is 4.52 Å². The van der Waals surface area contributed by atoms with Gasteiger partial charge in [0.05, 0.1) is 11.4 Å². The van der Waals surface area contributed by atoms with Crippen LogP contribution in [0.1, 0.15) is 12.5 Å². The second kappa shape index (κ2) is 8.23. The fraction of sp³-hybridized carbons (Fsp3) is 0.130. The highest BCUT2D eigenvalue weighted by atomic mass is 32.2. The SMILES string of the molecule is CCc1ccc(NC(=O)CSc2nnc3c4cc(-c5ccccc5)nn4ccn23)cc1. The average Bonchev–Trinajstić information content (AvgIpc) is 3.43. The zero-order chi connectivity index (χ0) is 21.2. The molecule has 3 aromatic heterocycles. The number of nitrogens with zero attached hydrogens (tertiary/aromatic N) is 5. The quantitative estimate of drug-likeness (QED) is 0.407. The van der Waals surface area contributed by atoms with Crippen LogP contribution in [0, 0.1) is 0 Å². The number of aromatic nitrogens is 5. The van der Waals surface area contributed by atoms with Gasteiger partial charge in [0.15, 0.2) is 10.8 Å². The molecule has 0 spiro atoms. The smallest absolute Gasteiger partial charge is 0.234 e. The summed E-state index contributed by atoms with van der Waals surface area (Å²) in [4.78, 5) is 12.4. The number of fused-ring (bicyclic) bond motifs is 3. The summed E-state index contributed by atoms with van der Waals surface area (Å²) in [6.07, 6.45) is 4.71. The van der Waals surface area contributed by atoms with E-state index in [0.29, 0.717) is 10.8 Å². The lowest BCUT2D eigenvalue weighted by Gasteiger charge is -2.05. The Morgan fingerprint density at radius 3 is 2.61 bits per heavy atom. The minimum absolute atomic E-state index is 0.0807. The minimum atomic E-state index is -0.0807. The highest BCUT2D eigenvalue weighted by Crippen LogP contribution is 2.24. The molecule has 1 amide bonds. The molecule has 2 aromatic carbocycles. The Kier molecular flexibility index (Phi) is 5.13. The summed E-state index contributed by atoms with van der Waals surface area (Å²) in [5.74, 6) is 0.165. The summed E-state index contributed by atoms with van der Waals surface area (Å²) < 4.78 is 3.69. The Labute approximate surface area is 183 Å². The van der Waals surface area contributed by atoms with Gasteiger partial charge in [-0.25, -0.2) is 4.52 Å². The van der Waals surface area contributed by atoms with Crippen LogP contribution in [0.25, 0.3) is 22.4 Å². The van der Waals surface area contributed by atoms with Crippen LogP contribution in [-0.2, 0) is 11.2 Å². The molecule has 31 heavy (non-hydrogen) atoms. The van der Waals surface area contributed by atoms with E-state index in [1.165, 1.54) is 17.3 Å². The van der Waals surface area contributed by atoms with Crippen molar-refractivity contribution in [1.82, 2.24) is 24.2 Å². The summed E-state index contributed by atoms with van der Waals surface area (Å²) in [5.41, 5.74) is 5.52. The fourth-order valence-corrected chi connectivity index (χ4v) is 4.11. The highest BCUT2D eigenvalue weighted by Gasteiger charge is 2.14. The molecule has 0 saturated carbocycles. The van der Waals surface area contributed by atoms with Gasteiger partial charge in [0.2, 0.25) is 5.91 Å². The van der Waals surface area contributed by atoms with Crippen LogP contribution in [0.4, 0.5) is 5.69 Å². The van der Waals surface area contributed by atoms with Crippen LogP contribution in [0.2, 0.25) is 0 Å². The van der Waals surface area contributed by atoms with E-state index < -0.39 is 0 Å². The Bertz CT molecular complexity index is 1360. The topological polar surface area (TPSA) is 76.6 Å². The summed E-state index contributed by atoms with van der Waals surface area (Å²) in [7, 11) is 0. The Morgan fingerprint density at radius 2 is 1.84 bits per heavy atom. The van der Waals surface area contributed by atoms with E-state index in [-0.39, 0.29) is 11.7 Å². The monoisotopic (exact) mass is 428 g/mol. The van der Waals surface area contributed by atoms with Gasteiger partial charge >= 0.3 is 0 Å². The van der Waals surface area contributed by atoms with E-state index in [4.69, 9.17) is 0 Å². The number of anilines is 1. The van der Waals surface area contributed by atoms with Crippen molar-refractivity contribution in [3.8, 4) is 11.3 Å². The molecule has 0 bridgehead atoms. The normalized spacial score (nSPS) is 11.3. The van der Waals surface area contributed by atoms with E-state index >= 15 is 0 Å². The van der Waals surface area contributed by atoms with Crippen LogP contribution in [0.5, 0.6) is 0 Å². The maximum atomic E-state index is 12.4. The van der Waals surface area contributed by atoms with E-state index in [1.807, 2.05) is 77.5 Å². The molecule has 3 heterocycles. The molecule has 0 aliphatic heterocycles. The summed E-state index contributed by atoms with van der Waals surface area (Å²) in [6, 6.07) is 19.9. The van der Waals surface area contributed by atoms with E-state index in [9.17, 15) is 4.79 Å².